The Morgan fingerprint density at radius 3 is 2.64 bits per heavy atom. The van der Waals surface area contributed by atoms with Gasteiger partial charge < -0.3 is 9.47 Å². The zero-order valence-corrected chi connectivity index (χ0v) is 13.3. The van der Waals surface area contributed by atoms with Gasteiger partial charge in [-0.1, -0.05) is 55.3 Å². The van der Waals surface area contributed by atoms with Crippen molar-refractivity contribution in [3.63, 3.8) is 0 Å². The topological polar surface area (TPSA) is 35.5 Å². The summed E-state index contributed by atoms with van der Waals surface area (Å²) < 4.78 is 11.0. The highest BCUT2D eigenvalue weighted by molar-refractivity contribution is 6.30. The van der Waals surface area contributed by atoms with Gasteiger partial charge in [0.1, 0.15) is 17.9 Å². The molecule has 2 aromatic carbocycles. The molecule has 116 valence electrons. The van der Waals surface area contributed by atoms with Crippen LogP contribution >= 0.6 is 11.6 Å². The summed E-state index contributed by atoms with van der Waals surface area (Å²) in [5.41, 5.74) is 1.34. The number of esters is 1. The molecule has 0 unspecified atom stereocenters. The normalized spacial score (nSPS) is 10.3. The molecule has 0 N–H and O–H groups in total. The van der Waals surface area contributed by atoms with Crippen LogP contribution in [0.4, 0.5) is 0 Å². The molecule has 0 heterocycles. The Morgan fingerprint density at radius 1 is 1.14 bits per heavy atom. The predicted molar refractivity (Wildman–Crippen MR) is 87.4 cm³/mol. The smallest absolute Gasteiger partial charge is 0.342 e. The Morgan fingerprint density at radius 2 is 1.91 bits per heavy atom. The van der Waals surface area contributed by atoms with Gasteiger partial charge in [-0.3, -0.25) is 0 Å². The first-order valence-electron chi connectivity index (χ1n) is 7.34. The van der Waals surface area contributed by atoms with Crippen LogP contribution in [0.3, 0.4) is 0 Å². The highest BCUT2D eigenvalue weighted by Crippen LogP contribution is 2.25. The average Bonchev–Trinajstić information content (AvgIpc) is 2.54. The van der Waals surface area contributed by atoms with Crippen LogP contribution < -0.4 is 4.74 Å². The zero-order valence-electron chi connectivity index (χ0n) is 12.5. The fourth-order valence-corrected chi connectivity index (χ4v) is 2.07. The van der Waals surface area contributed by atoms with E-state index in [2.05, 4.69) is 6.92 Å². The van der Waals surface area contributed by atoms with E-state index in [0.29, 0.717) is 22.9 Å². The van der Waals surface area contributed by atoms with Crippen molar-refractivity contribution in [1.29, 1.82) is 0 Å². The minimum absolute atomic E-state index is 0.233. The van der Waals surface area contributed by atoms with E-state index in [1.165, 1.54) is 0 Å². The Bertz CT molecular complexity index is 611. The second-order valence-electron chi connectivity index (χ2n) is 4.90. The fraction of sp³-hybridized carbons (Fsp3) is 0.278. The number of hydrogen-bond acceptors (Lipinski definition) is 3. The molecule has 0 aliphatic heterocycles. The van der Waals surface area contributed by atoms with Crippen LogP contribution in [0.5, 0.6) is 5.75 Å². The average molecular weight is 319 g/mol. The lowest BCUT2D eigenvalue weighted by molar-refractivity contribution is 0.0468. The first-order chi connectivity index (χ1) is 10.7. The molecular formula is C18H19ClO3. The van der Waals surface area contributed by atoms with Gasteiger partial charge in [0.15, 0.2) is 0 Å². The zero-order chi connectivity index (χ0) is 15.8. The molecule has 22 heavy (non-hydrogen) atoms. The minimum atomic E-state index is -0.410. The van der Waals surface area contributed by atoms with Crippen LogP contribution in [0.1, 0.15) is 35.7 Å². The lowest BCUT2D eigenvalue weighted by Gasteiger charge is -2.11. The Balaban J connectivity index is 2.04. The van der Waals surface area contributed by atoms with Crippen molar-refractivity contribution in [3.05, 3.63) is 64.7 Å². The Hall–Kier alpha value is -2.00. The van der Waals surface area contributed by atoms with Crippen LogP contribution in [-0.2, 0) is 11.3 Å². The molecule has 0 saturated carbocycles. The molecule has 0 amide bonds. The molecule has 0 saturated heterocycles. The molecule has 4 heteroatoms. The van der Waals surface area contributed by atoms with Crippen LogP contribution in [0.2, 0.25) is 5.02 Å². The van der Waals surface area contributed by atoms with E-state index in [1.807, 2.05) is 30.3 Å². The number of ether oxygens (including phenoxy) is 2. The van der Waals surface area contributed by atoms with Gasteiger partial charge in [-0.05, 0) is 30.2 Å². The lowest BCUT2D eigenvalue weighted by atomic mass is 10.2. The number of rotatable bonds is 7. The van der Waals surface area contributed by atoms with Gasteiger partial charge in [0.05, 0.1) is 6.61 Å². The molecule has 0 radical (unpaired) electrons. The van der Waals surface area contributed by atoms with Crippen LogP contribution in [0.25, 0.3) is 0 Å². The van der Waals surface area contributed by atoms with Gasteiger partial charge in [-0.15, -0.1) is 0 Å². The number of halogens is 1. The van der Waals surface area contributed by atoms with Crippen LogP contribution in [0, 0.1) is 0 Å². The van der Waals surface area contributed by atoms with E-state index in [0.717, 1.165) is 18.4 Å². The third-order valence-electron chi connectivity index (χ3n) is 3.13. The molecule has 0 spiro atoms. The quantitative estimate of drug-likeness (QED) is 0.539. The maximum absolute atomic E-state index is 12.2. The van der Waals surface area contributed by atoms with Gasteiger partial charge in [0.2, 0.25) is 0 Å². The van der Waals surface area contributed by atoms with Crippen LogP contribution in [-0.4, -0.2) is 12.6 Å². The number of unbranched alkanes of at least 4 members (excludes halogenated alkanes) is 1. The molecular weight excluding hydrogens is 300 g/mol. The molecule has 0 aliphatic rings. The first kappa shape index (κ1) is 16.4. The number of hydrogen-bond donors (Lipinski definition) is 0. The van der Waals surface area contributed by atoms with E-state index in [1.54, 1.807) is 18.2 Å². The van der Waals surface area contributed by atoms with Gasteiger partial charge >= 0.3 is 5.97 Å². The van der Waals surface area contributed by atoms with Crippen molar-refractivity contribution in [1.82, 2.24) is 0 Å². The Kier molecular flexibility index (Phi) is 6.28. The summed E-state index contributed by atoms with van der Waals surface area (Å²) in [4.78, 5) is 12.2. The maximum Gasteiger partial charge on any atom is 0.342 e. The largest absolute Gasteiger partial charge is 0.493 e. The summed E-state index contributed by atoms with van der Waals surface area (Å²) >= 11 is 5.98. The number of benzene rings is 2. The third-order valence-corrected chi connectivity index (χ3v) is 3.37. The van der Waals surface area contributed by atoms with E-state index < -0.39 is 5.97 Å². The van der Waals surface area contributed by atoms with Crippen molar-refractivity contribution in [2.24, 2.45) is 0 Å². The fourth-order valence-electron chi connectivity index (χ4n) is 1.91. The summed E-state index contributed by atoms with van der Waals surface area (Å²) in [6, 6.07) is 14.5. The molecule has 2 aromatic rings. The molecule has 0 aliphatic carbocycles. The summed E-state index contributed by atoms with van der Waals surface area (Å²) in [6.07, 6.45) is 1.94. The molecule has 0 aromatic heterocycles. The molecule has 0 bridgehead atoms. The summed E-state index contributed by atoms with van der Waals surface area (Å²) in [6.45, 7) is 2.86. The highest BCUT2D eigenvalue weighted by Gasteiger charge is 2.15. The van der Waals surface area contributed by atoms with Gasteiger partial charge in [0, 0.05) is 5.02 Å². The van der Waals surface area contributed by atoms with Crippen molar-refractivity contribution < 1.29 is 14.3 Å². The standard InChI is InChI=1S/C18H19ClO3/c1-2-3-11-21-17-12-15(19)9-10-16(17)18(20)22-13-14-7-5-4-6-8-14/h4-10,12H,2-3,11,13H2,1H3. The second kappa shape index (κ2) is 8.44. The van der Waals surface area contributed by atoms with Crippen molar-refractivity contribution in [2.75, 3.05) is 6.61 Å². The van der Waals surface area contributed by atoms with Gasteiger partial charge in [0.25, 0.3) is 0 Å². The Labute approximate surface area is 135 Å². The number of carbonyl (C=O) groups excluding carboxylic acids is 1. The molecule has 2 rings (SSSR count). The summed E-state index contributed by atoms with van der Waals surface area (Å²) in [7, 11) is 0. The predicted octanol–water partition coefficient (Wildman–Crippen LogP) is 4.88. The van der Waals surface area contributed by atoms with E-state index >= 15 is 0 Å². The van der Waals surface area contributed by atoms with Crippen molar-refractivity contribution >= 4 is 17.6 Å². The second-order valence-corrected chi connectivity index (χ2v) is 5.34. The van der Waals surface area contributed by atoms with E-state index in [9.17, 15) is 4.79 Å². The molecule has 0 fully saturated rings. The SMILES string of the molecule is CCCCOc1cc(Cl)ccc1C(=O)OCc1ccccc1. The lowest BCUT2D eigenvalue weighted by Crippen LogP contribution is -2.09. The van der Waals surface area contributed by atoms with Crippen molar-refractivity contribution in [3.8, 4) is 5.75 Å². The maximum atomic E-state index is 12.2. The summed E-state index contributed by atoms with van der Waals surface area (Å²) in [5.74, 6) is 0.0611. The summed E-state index contributed by atoms with van der Waals surface area (Å²) in [5, 5.41) is 0.533. The van der Waals surface area contributed by atoms with E-state index in [-0.39, 0.29) is 6.61 Å². The van der Waals surface area contributed by atoms with Crippen LogP contribution in [0.15, 0.2) is 48.5 Å². The first-order valence-corrected chi connectivity index (χ1v) is 7.72. The van der Waals surface area contributed by atoms with Gasteiger partial charge in [-0.25, -0.2) is 4.79 Å². The minimum Gasteiger partial charge on any atom is -0.493 e. The van der Waals surface area contributed by atoms with E-state index in [4.69, 9.17) is 21.1 Å². The molecule has 0 atom stereocenters. The molecule has 3 nitrogen and oxygen atoms in total. The monoisotopic (exact) mass is 318 g/mol. The number of carbonyl (C=O) groups is 1. The third kappa shape index (κ3) is 4.78. The van der Waals surface area contributed by atoms with Crippen molar-refractivity contribution in [2.45, 2.75) is 26.4 Å². The highest BCUT2D eigenvalue weighted by atomic mass is 35.5. The van der Waals surface area contributed by atoms with Gasteiger partial charge in [-0.2, -0.15) is 0 Å².